The van der Waals surface area contributed by atoms with Crippen molar-refractivity contribution in [3.8, 4) is 11.5 Å². The summed E-state index contributed by atoms with van der Waals surface area (Å²) < 4.78 is 5.31. The molecular weight excluding hydrogens is 182 g/mol. The Balaban J connectivity index is 2.25. The topological polar surface area (TPSA) is 55.5 Å². The maximum Gasteiger partial charge on any atom is 0.226 e. The third-order valence-electron chi connectivity index (χ3n) is 1.78. The Kier molecular flexibility index (Phi) is 2.58. The van der Waals surface area contributed by atoms with Crippen LogP contribution >= 0.6 is 0 Å². The summed E-state index contributed by atoms with van der Waals surface area (Å²) in [7, 11) is 0. The van der Waals surface area contributed by atoms with Crippen molar-refractivity contribution in [3.05, 3.63) is 42.3 Å². The summed E-state index contributed by atoms with van der Waals surface area (Å²) in [5.41, 5.74) is 0.900. The van der Waals surface area contributed by atoms with Crippen LogP contribution in [-0.2, 0) is 11.5 Å². The zero-order chi connectivity index (χ0) is 9.80. The van der Waals surface area contributed by atoms with E-state index < -0.39 is 0 Å². The van der Waals surface area contributed by atoms with Gasteiger partial charge in [-0.05, 0) is 12.1 Å². The van der Waals surface area contributed by atoms with E-state index in [4.69, 9.17) is 9.67 Å². The van der Waals surface area contributed by atoms with Gasteiger partial charge in [0.15, 0.2) is 5.76 Å². The van der Waals surface area contributed by atoms with Crippen molar-refractivity contribution in [2.24, 2.45) is 0 Å². The van der Waals surface area contributed by atoms with Crippen molar-refractivity contribution in [1.29, 1.82) is 0 Å². The summed E-state index contributed by atoms with van der Waals surface area (Å²) >= 11 is 0. The number of hydrogen-bond acceptors (Lipinski definition) is 4. The van der Waals surface area contributed by atoms with Crippen molar-refractivity contribution in [2.45, 2.75) is 6.61 Å². The summed E-state index contributed by atoms with van der Waals surface area (Å²) in [6.07, 6.45) is 1.53. The lowest BCUT2D eigenvalue weighted by atomic mass is 10.2. The van der Waals surface area contributed by atoms with Gasteiger partial charge in [0.2, 0.25) is 5.89 Å². The molecule has 0 fully saturated rings. The highest BCUT2D eigenvalue weighted by Crippen LogP contribution is 2.18. The summed E-state index contributed by atoms with van der Waals surface area (Å²) in [6.45, 7) is 0.0137. The molecule has 0 amide bonds. The molecule has 4 nitrogen and oxygen atoms in total. The average molecular weight is 191 g/mol. The first-order valence-corrected chi connectivity index (χ1v) is 4.16. The molecule has 0 atom stereocenters. The van der Waals surface area contributed by atoms with Gasteiger partial charge in [0, 0.05) is 5.56 Å². The van der Waals surface area contributed by atoms with Crippen LogP contribution in [0.5, 0.6) is 0 Å². The summed E-state index contributed by atoms with van der Waals surface area (Å²) in [5, 5.41) is 8.21. The van der Waals surface area contributed by atoms with E-state index in [9.17, 15) is 0 Å². The quantitative estimate of drug-likeness (QED) is 0.597. The maximum atomic E-state index is 8.21. The zero-order valence-corrected chi connectivity index (χ0v) is 7.38. The predicted molar refractivity (Wildman–Crippen MR) is 49.4 cm³/mol. The van der Waals surface area contributed by atoms with Gasteiger partial charge in [0.25, 0.3) is 0 Å². The van der Waals surface area contributed by atoms with E-state index in [-0.39, 0.29) is 6.61 Å². The van der Waals surface area contributed by atoms with Crippen molar-refractivity contribution in [2.75, 3.05) is 0 Å². The van der Waals surface area contributed by atoms with Crippen LogP contribution in [-0.4, -0.2) is 10.2 Å². The van der Waals surface area contributed by atoms with Crippen LogP contribution in [0.25, 0.3) is 11.5 Å². The second-order valence-corrected chi connectivity index (χ2v) is 2.77. The Bertz CT molecular complexity index is 397. The molecule has 2 aromatic rings. The fourth-order valence-corrected chi connectivity index (χ4v) is 1.15. The monoisotopic (exact) mass is 191 g/mol. The van der Waals surface area contributed by atoms with Gasteiger partial charge in [-0.1, -0.05) is 18.2 Å². The summed E-state index contributed by atoms with van der Waals surface area (Å²) in [5.74, 6) is 1.02. The molecule has 14 heavy (non-hydrogen) atoms. The molecular formula is C10H9NO3. The number of nitrogens with zero attached hydrogens (tertiary/aromatic N) is 1. The van der Waals surface area contributed by atoms with E-state index in [1.54, 1.807) is 0 Å². The first kappa shape index (κ1) is 8.93. The second kappa shape index (κ2) is 4.04. The highest BCUT2D eigenvalue weighted by atomic mass is 17.1. The fourth-order valence-electron chi connectivity index (χ4n) is 1.15. The van der Waals surface area contributed by atoms with Gasteiger partial charge in [-0.3, -0.25) is 5.26 Å². The Hall–Kier alpha value is -1.65. The minimum atomic E-state index is 0.0137. The van der Waals surface area contributed by atoms with Crippen LogP contribution in [0.3, 0.4) is 0 Å². The first-order chi connectivity index (χ1) is 6.90. The van der Waals surface area contributed by atoms with Crippen molar-refractivity contribution < 1.29 is 14.6 Å². The third-order valence-corrected chi connectivity index (χ3v) is 1.78. The minimum absolute atomic E-state index is 0.0137. The molecule has 1 heterocycles. The standard InChI is InChI=1S/C10H9NO3/c12-13-7-9-6-11-10(14-9)8-4-2-1-3-5-8/h1-6,12H,7H2. The molecule has 0 aliphatic carbocycles. The summed E-state index contributed by atoms with van der Waals surface area (Å²) in [6, 6.07) is 9.53. The average Bonchev–Trinajstić information content (AvgIpc) is 2.68. The number of benzene rings is 1. The van der Waals surface area contributed by atoms with Crippen molar-refractivity contribution in [1.82, 2.24) is 4.98 Å². The highest BCUT2D eigenvalue weighted by molar-refractivity contribution is 5.52. The molecule has 2 rings (SSSR count). The predicted octanol–water partition coefficient (Wildman–Crippen LogP) is 2.33. The van der Waals surface area contributed by atoms with Gasteiger partial charge in [0.05, 0.1) is 6.20 Å². The van der Waals surface area contributed by atoms with E-state index >= 15 is 0 Å². The summed E-state index contributed by atoms with van der Waals surface area (Å²) in [4.78, 5) is 7.99. The van der Waals surface area contributed by atoms with E-state index in [1.165, 1.54) is 6.20 Å². The minimum Gasteiger partial charge on any atom is -0.439 e. The molecule has 0 saturated heterocycles. The lowest BCUT2D eigenvalue weighted by molar-refractivity contribution is -0.255. The van der Waals surface area contributed by atoms with Gasteiger partial charge in [-0.2, -0.15) is 0 Å². The van der Waals surface area contributed by atoms with Crippen LogP contribution in [0.1, 0.15) is 5.76 Å². The normalized spacial score (nSPS) is 10.4. The smallest absolute Gasteiger partial charge is 0.226 e. The molecule has 1 aromatic heterocycles. The molecule has 0 saturated carbocycles. The highest BCUT2D eigenvalue weighted by Gasteiger charge is 2.05. The van der Waals surface area contributed by atoms with Crippen molar-refractivity contribution in [3.63, 3.8) is 0 Å². The maximum absolute atomic E-state index is 8.21. The van der Waals surface area contributed by atoms with Crippen LogP contribution in [0.2, 0.25) is 0 Å². The molecule has 0 aliphatic heterocycles. The number of hydrogen-bond donors (Lipinski definition) is 1. The van der Waals surface area contributed by atoms with Crippen LogP contribution < -0.4 is 0 Å². The second-order valence-electron chi connectivity index (χ2n) is 2.77. The van der Waals surface area contributed by atoms with E-state index in [2.05, 4.69) is 9.87 Å². The molecule has 72 valence electrons. The number of rotatable bonds is 3. The Labute approximate surface area is 80.7 Å². The Morgan fingerprint density at radius 1 is 1.29 bits per heavy atom. The molecule has 0 radical (unpaired) electrons. The zero-order valence-electron chi connectivity index (χ0n) is 7.38. The van der Waals surface area contributed by atoms with Gasteiger partial charge < -0.3 is 4.42 Å². The van der Waals surface area contributed by atoms with Crippen LogP contribution in [0.15, 0.2) is 40.9 Å². The Morgan fingerprint density at radius 2 is 2.07 bits per heavy atom. The lowest BCUT2D eigenvalue weighted by Crippen LogP contribution is -1.82. The lowest BCUT2D eigenvalue weighted by Gasteiger charge is -1.93. The molecule has 0 bridgehead atoms. The first-order valence-electron chi connectivity index (χ1n) is 4.16. The van der Waals surface area contributed by atoms with Gasteiger partial charge in [-0.25, -0.2) is 9.87 Å². The molecule has 0 aliphatic rings. The molecule has 0 spiro atoms. The third kappa shape index (κ3) is 1.81. The van der Waals surface area contributed by atoms with Crippen molar-refractivity contribution >= 4 is 0 Å². The number of aromatic nitrogens is 1. The molecule has 0 unspecified atom stereocenters. The molecule has 4 heteroatoms. The SMILES string of the molecule is OOCc1cnc(-c2ccccc2)o1. The van der Waals surface area contributed by atoms with Gasteiger partial charge in [0.1, 0.15) is 6.61 Å². The molecule has 1 aromatic carbocycles. The van der Waals surface area contributed by atoms with E-state index in [1.807, 2.05) is 30.3 Å². The van der Waals surface area contributed by atoms with E-state index in [0.717, 1.165) is 5.56 Å². The largest absolute Gasteiger partial charge is 0.439 e. The van der Waals surface area contributed by atoms with Crippen LogP contribution in [0.4, 0.5) is 0 Å². The Morgan fingerprint density at radius 3 is 2.79 bits per heavy atom. The van der Waals surface area contributed by atoms with Crippen LogP contribution in [0, 0.1) is 0 Å². The fraction of sp³-hybridized carbons (Fsp3) is 0.100. The molecule has 1 N–H and O–H groups in total. The van der Waals surface area contributed by atoms with E-state index in [0.29, 0.717) is 11.7 Å². The number of oxazole rings is 1. The van der Waals surface area contributed by atoms with Gasteiger partial charge >= 0.3 is 0 Å². The van der Waals surface area contributed by atoms with Gasteiger partial charge in [-0.15, -0.1) is 0 Å².